The molecule has 0 aromatic heterocycles. The second-order valence-corrected chi connectivity index (χ2v) is 12.0. The number of rotatable bonds is 12. The van der Waals surface area contributed by atoms with Crippen molar-refractivity contribution in [3.05, 3.63) is 0 Å². The summed E-state index contributed by atoms with van der Waals surface area (Å²) in [6.07, 6.45) is 8.47. The third kappa shape index (κ3) is 12.2. The zero-order valence-corrected chi connectivity index (χ0v) is 19.4. The molecule has 0 saturated heterocycles. The molecule has 0 aromatic carbocycles. The fourth-order valence-electron chi connectivity index (χ4n) is 2.84. The average molecular weight is 346 g/mol. The number of hydrogen-bond donors (Lipinski definition) is 0. The van der Waals surface area contributed by atoms with Crippen molar-refractivity contribution in [1.29, 1.82) is 0 Å². The van der Waals surface area contributed by atoms with Crippen LogP contribution in [0.2, 0.25) is 4.25 Å². The van der Waals surface area contributed by atoms with Gasteiger partial charge in [-0.3, -0.25) is 0 Å². The van der Waals surface area contributed by atoms with Crippen molar-refractivity contribution in [1.82, 2.24) is 14.7 Å². The van der Waals surface area contributed by atoms with Crippen molar-refractivity contribution >= 4 is 16.5 Å². The summed E-state index contributed by atoms with van der Waals surface area (Å²) >= 11 is 0.935. The zero-order valence-electron chi connectivity index (χ0n) is 15.2. The Labute approximate surface area is 136 Å². The zero-order chi connectivity index (χ0) is 15.6. The van der Waals surface area contributed by atoms with E-state index in [1.165, 1.54) is 58.2 Å². The first-order chi connectivity index (χ1) is 9.25. The van der Waals surface area contributed by atoms with E-state index in [0.717, 1.165) is 20.8 Å². The first-order valence-corrected chi connectivity index (χ1v) is 10.3. The first kappa shape index (κ1) is 20.4. The Bertz CT molecular complexity index is 194. The molecule has 0 aliphatic heterocycles. The summed E-state index contributed by atoms with van der Waals surface area (Å²) in [5.41, 5.74) is 0. The molecule has 0 fully saturated rings. The van der Waals surface area contributed by atoms with Crippen LogP contribution in [0.3, 0.4) is 0 Å². The molecule has 0 amide bonds. The van der Waals surface area contributed by atoms with Gasteiger partial charge < -0.3 is 0 Å². The summed E-state index contributed by atoms with van der Waals surface area (Å²) in [5.74, 6) is 0. The van der Waals surface area contributed by atoms with E-state index in [1.54, 1.807) is 0 Å². The molecule has 0 saturated carbocycles. The average Bonchev–Trinajstić information content (AvgIpc) is 2.27. The first-order valence-electron chi connectivity index (χ1n) is 8.19. The van der Waals surface area contributed by atoms with Gasteiger partial charge in [-0.05, 0) is 0 Å². The van der Waals surface area contributed by atoms with Gasteiger partial charge >= 0.3 is 136 Å². The van der Waals surface area contributed by atoms with Gasteiger partial charge in [-0.15, -0.1) is 0 Å². The topological polar surface area (TPSA) is 9.72 Å². The van der Waals surface area contributed by atoms with E-state index < -0.39 is 0 Å². The minimum atomic E-state index is 0.717. The van der Waals surface area contributed by atoms with Gasteiger partial charge in [-0.2, -0.15) is 0 Å². The Hall–Kier alpha value is 0.423. The maximum absolute atomic E-state index is 2.33. The molecule has 0 radical (unpaired) electrons. The van der Waals surface area contributed by atoms with E-state index >= 15 is 0 Å². The van der Waals surface area contributed by atoms with Crippen LogP contribution in [-0.2, 0) is 0 Å². The molecule has 0 aliphatic rings. The quantitative estimate of drug-likeness (QED) is 0.497. The van der Waals surface area contributed by atoms with Gasteiger partial charge in [-0.25, -0.2) is 0 Å². The molecule has 0 N–H and O–H groups in total. The van der Waals surface area contributed by atoms with Gasteiger partial charge in [0.1, 0.15) is 0 Å². The third-order valence-electron chi connectivity index (χ3n) is 4.16. The van der Waals surface area contributed by atoms with Gasteiger partial charge in [0.2, 0.25) is 0 Å². The van der Waals surface area contributed by atoms with Crippen LogP contribution >= 0.6 is 0 Å². The summed E-state index contributed by atoms with van der Waals surface area (Å²) < 4.78 is 0.717. The fourth-order valence-corrected chi connectivity index (χ4v) is 5.07. The van der Waals surface area contributed by atoms with Crippen molar-refractivity contribution in [2.24, 2.45) is 0 Å². The van der Waals surface area contributed by atoms with E-state index in [9.17, 15) is 0 Å². The molecule has 20 heavy (non-hydrogen) atoms. The molecule has 0 aliphatic carbocycles. The van der Waals surface area contributed by atoms with Crippen LogP contribution in [0.5, 0.6) is 0 Å². The fraction of sp³-hybridized carbons (Fsp3) is 1.00. The van der Waals surface area contributed by atoms with E-state index in [1.807, 2.05) is 0 Å². The van der Waals surface area contributed by atoms with Gasteiger partial charge in [0, 0.05) is 0 Å². The molecule has 3 nitrogen and oxygen atoms in total. The molecule has 0 bridgehead atoms. The van der Waals surface area contributed by atoms with E-state index in [4.69, 9.17) is 0 Å². The molecule has 122 valence electrons. The van der Waals surface area contributed by atoms with Crippen molar-refractivity contribution < 1.29 is 0 Å². The van der Waals surface area contributed by atoms with E-state index in [0.29, 0.717) is 0 Å². The Balaban J connectivity index is 4.18. The van der Waals surface area contributed by atoms with Crippen LogP contribution in [0.4, 0.5) is 0 Å². The molecule has 0 aromatic rings. The second-order valence-electron chi connectivity index (χ2n) is 7.53. The third-order valence-corrected chi connectivity index (χ3v) is 7.30. The monoisotopic (exact) mass is 347 g/mol. The second kappa shape index (κ2) is 11.1. The Morgan fingerprint density at radius 2 is 0.850 bits per heavy atom. The summed E-state index contributed by atoms with van der Waals surface area (Å²) in [7, 11) is 13.1. The molecular formula is C16H39GeN3. The van der Waals surface area contributed by atoms with Gasteiger partial charge in [-0.1, -0.05) is 0 Å². The minimum absolute atomic E-state index is 0.717. The van der Waals surface area contributed by atoms with Crippen molar-refractivity contribution in [2.75, 3.05) is 61.9 Å². The molecule has 0 atom stereocenters. The molecule has 0 heterocycles. The van der Waals surface area contributed by atoms with Gasteiger partial charge in [0.15, 0.2) is 0 Å². The number of hydrogen-bond acceptors (Lipinski definition) is 3. The summed E-state index contributed by atoms with van der Waals surface area (Å²) in [6.45, 7) is 3.75. The van der Waals surface area contributed by atoms with Gasteiger partial charge in [0.05, 0.1) is 0 Å². The van der Waals surface area contributed by atoms with Crippen molar-refractivity contribution in [3.8, 4) is 0 Å². The summed E-state index contributed by atoms with van der Waals surface area (Å²) in [5, 5.41) is 0. The normalized spacial score (nSPS) is 13.1. The van der Waals surface area contributed by atoms with Crippen LogP contribution in [-0.4, -0.2) is 93.1 Å². The maximum atomic E-state index is 2.33. The summed E-state index contributed by atoms with van der Waals surface area (Å²) in [6, 6.07) is 0. The summed E-state index contributed by atoms with van der Waals surface area (Å²) in [4.78, 5) is 6.98. The molecule has 0 rings (SSSR count). The van der Waals surface area contributed by atoms with Crippen LogP contribution in [0.25, 0.3) is 0 Å². The Morgan fingerprint density at radius 1 is 0.600 bits per heavy atom. The standard InChI is InChI=1S/C16H39GeN3/c1-18(2)13-7-10-16(17,11-8-14-19(3)4)12-9-15-20(5)6/h7-15H2,1-6,17H3. The predicted octanol–water partition coefficient (Wildman–Crippen LogP) is 1.54. The molecular weight excluding hydrogens is 307 g/mol. The van der Waals surface area contributed by atoms with E-state index in [-0.39, 0.29) is 0 Å². The number of nitrogens with zero attached hydrogens (tertiary/aromatic N) is 3. The molecule has 0 unspecified atom stereocenters. The molecule has 4 heteroatoms. The van der Waals surface area contributed by atoms with Crippen molar-refractivity contribution in [3.63, 3.8) is 0 Å². The Morgan fingerprint density at radius 3 is 1.05 bits per heavy atom. The van der Waals surface area contributed by atoms with Crippen LogP contribution in [0.15, 0.2) is 0 Å². The predicted molar refractivity (Wildman–Crippen MR) is 96.0 cm³/mol. The molecule has 0 spiro atoms. The van der Waals surface area contributed by atoms with Crippen LogP contribution in [0, 0.1) is 0 Å². The van der Waals surface area contributed by atoms with Gasteiger partial charge in [0.25, 0.3) is 0 Å². The SMILES string of the molecule is CN(C)CCC[C]([GeH3])(CCCN(C)C)CCCN(C)C. The van der Waals surface area contributed by atoms with Crippen LogP contribution < -0.4 is 0 Å². The Kier molecular flexibility index (Phi) is 11.3. The van der Waals surface area contributed by atoms with Crippen molar-refractivity contribution in [2.45, 2.75) is 42.8 Å². The van der Waals surface area contributed by atoms with E-state index in [2.05, 4.69) is 57.0 Å². The van der Waals surface area contributed by atoms with Crippen LogP contribution in [0.1, 0.15) is 38.5 Å².